The van der Waals surface area contributed by atoms with Gasteiger partial charge in [0.25, 0.3) is 0 Å². The summed E-state index contributed by atoms with van der Waals surface area (Å²) in [6.07, 6.45) is 9.02. The van der Waals surface area contributed by atoms with Gasteiger partial charge in [0.1, 0.15) is 0 Å². The van der Waals surface area contributed by atoms with Gasteiger partial charge in [-0.25, -0.2) is 4.79 Å². The molecular formula is C14H24N2O3S. The lowest BCUT2D eigenvalue weighted by Gasteiger charge is -2.42. The number of carboxylic acids is 1. The van der Waals surface area contributed by atoms with Crippen LogP contribution in [0.3, 0.4) is 0 Å². The number of aliphatic carboxylic acids is 1. The predicted molar refractivity (Wildman–Crippen MR) is 80.1 cm³/mol. The van der Waals surface area contributed by atoms with Gasteiger partial charge in [-0.1, -0.05) is 0 Å². The SMILES string of the molecule is CSC1CCC(NC(=O)NC2(CC(=O)O)CCC2)CC1. The number of urea groups is 1. The van der Waals surface area contributed by atoms with Crippen LogP contribution in [0.1, 0.15) is 51.4 Å². The second-order valence-electron chi connectivity index (χ2n) is 6.01. The number of carbonyl (C=O) groups excluding carboxylic acids is 1. The number of thioether (sulfide) groups is 1. The maximum absolute atomic E-state index is 12.0. The summed E-state index contributed by atoms with van der Waals surface area (Å²) in [6, 6.07) is 0.0407. The molecule has 0 bridgehead atoms. The Morgan fingerprint density at radius 3 is 2.35 bits per heavy atom. The topological polar surface area (TPSA) is 78.4 Å². The van der Waals surface area contributed by atoms with Gasteiger partial charge in [0.2, 0.25) is 0 Å². The molecule has 0 aromatic heterocycles. The van der Waals surface area contributed by atoms with Crippen LogP contribution in [-0.2, 0) is 4.79 Å². The Morgan fingerprint density at radius 1 is 1.25 bits per heavy atom. The number of carbonyl (C=O) groups is 2. The van der Waals surface area contributed by atoms with Gasteiger partial charge < -0.3 is 15.7 Å². The van der Waals surface area contributed by atoms with Crippen molar-refractivity contribution in [2.75, 3.05) is 6.26 Å². The predicted octanol–water partition coefficient (Wildman–Crippen LogP) is 2.36. The Balaban J connectivity index is 1.76. The monoisotopic (exact) mass is 300 g/mol. The van der Waals surface area contributed by atoms with Crippen LogP contribution in [0.15, 0.2) is 0 Å². The summed E-state index contributed by atoms with van der Waals surface area (Å²) in [4.78, 5) is 22.9. The number of rotatable bonds is 5. The van der Waals surface area contributed by atoms with Crippen LogP contribution in [-0.4, -0.2) is 40.2 Å². The van der Waals surface area contributed by atoms with E-state index >= 15 is 0 Å². The third-order valence-corrected chi connectivity index (χ3v) is 5.66. The van der Waals surface area contributed by atoms with E-state index in [9.17, 15) is 9.59 Å². The molecule has 6 heteroatoms. The summed E-state index contributed by atoms with van der Waals surface area (Å²) in [5.41, 5.74) is -0.508. The molecule has 0 unspecified atom stereocenters. The van der Waals surface area contributed by atoms with Crippen molar-refractivity contribution < 1.29 is 14.7 Å². The zero-order valence-corrected chi connectivity index (χ0v) is 12.8. The number of carboxylic acid groups (broad SMARTS) is 1. The van der Waals surface area contributed by atoms with Gasteiger partial charge in [-0.15, -0.1) is 0 Å². The van der Waals surface area contributed by atoms with Crippen molar-refractivity contribution in [2.45, 2.75) is 68.2 Å². The number of hydrogen-bond donors (Lipinski definition) is 3. The first-order valence-corrected chi connectivity index (χ1v) is 8.65. The Morgan fingerprint density at radius 2 is 1.90 bits per heavy atom. The lowest BCUT2D eigenvalue weighted by atomic mass is 9.74. The Kier molecular flexibility index (Phi) is 5.18. The molecule has 0 spiro atoms. The maximum atomic E-state index is 12.0. The highest BCUT2D eigenvalue weighted by Crippen LogP contribution is 2.35. The summed E-state index contributed by atoms with van der Waals surface area (Å²) in [5.74, 6) is -0.842. The third-order valence-electron chi connectivity index (χ3n) is 4.52. The van der Waals surface area contributed by atoms with Crippen molar-refractivity contribution in [3.05, 3.63) is 0 Å². The molecule has 0 radical (unpaired) electrons. The highest BCUT2D eigenvalue weighted by Gasteiger charge is 2.40. The molecule has 0 atom stereocenters. The standard InChI is InChI=1S/C14H24N2O3S/c1-20-11-5-3-10(4-6-11)15-13(19)16-14(7-2-8-14)9-12(17)18/h10-11H,2-9H2,1H3,(H,17,18)(H2,15,16,19). The lowest BCUT2D eigenvalue weighted by molar-refractivity contribution is -0.139. The van der Waals surface area contributed by atoms with Gasteiger partial charge in [-0.05, 0) is 51.2 Å². The Bertz CT molecular complexity index is 363. The van der Waals surface area contributed by atoms with E-state index in [-0.39, 0.29) is 18.5 Å². The second kappa shape index (κ2) is 6.70. The minimum atomic E-state index is -0.842. The maximum Gasteiger partial charge on any atom is 0.315 e. The van der Waals surface area contributed by atoms with Crippen LogP contribution < -0.4 is 10.6 Å². The fourth-order valence-corrected chi connectivity index (χ4v) is 3.89. The number of nitrogens with one attached hydrogen (secondary N) is 2. The molecule has 2 saturated carbocycles. The molecule has 0 aliphatic heterocycles. The molecule has 0 aromatic rings. The molecule has 2 amide bonds. The summed E-state index contributed by atoms with van der Waals surface area (Å²) in [6.45, 7) is 0. The molecule has 20 heavy (non-hydrogen) atoms. The van der Waals surface area contributed by atoms with Gasteiger partial charge in [0.05, 0.1) is 12.0 Å². The smallest absolute Gasteiger partial charge is 0.315 e. The fraction of sp³-hybridized carbons (Fsp3) is 0.857. The van der Waals surface area contributed by atoms with E-state index in [2.05, 4.69) is 16.9 Å². The van der Waals surface area contributed by atoms with Crippen molar-refractivity contribution in [3.63, 3.8) is 0 Å². The van der Waals surface area contributed by atoms with Crippen molar-refractivity contribution in [1.82, 2.24) is 10.6 Å². The molecule has 0 heterocycles. The first-order chi connectivity index (χ1) is 9.53. The molecule has 3 N–H and O–H groups in total. The average Bonchev–Trinajstić information content (AvgIpc) is 2.36. The first-order valence-electron chi connectivity index (χ1n) is 7.36. The van der Waals surface area contributed by atoms with Crippen LogP contribution in [0.5, 0.6) is 0 Å². The van der Waals surface area contributed by atoms with E-state index in [1.807, 2.05) is 11.8 Å². The van der Waals surface area contributed by atoms with Crippen LogP contribution >= 0.6 is 11.8 Å². The molecule has 2 aliphatic carbocycles. The second-order valence-corrected chi connectivity index (χ2v) is 7.15. The van der Waals surface area contributed by atoms with E-state index in [0.29, 0.717) is 0 Å². The quantitative estimate of drug-likeness (QED) is 0.728. The molecule has 2 aliphatic rings. The number of hydrogen-bond acceptors (Lipinski definition) is 3. The first kappa shape index (κ1) is 15.5. The van der Waals surface area contributed by atoms with Crippen molar-refractivity contribution in [1.29, 1.82) is 0 Å². The minimum absolute atomic E-state index is 0.0274. The summed E-state index contributed by atoms with van der Waals surface area (Å²) in [7, 11) is 0. The Hall–Kier alpha value is -0.910. The van der Waals surface area contributed by atoms with E-state index in [1.54, 1.807) is 0 Å². The molecule has 2 rings (SSSR count). The van der Waals surface area contributed by atoms with Crippen LogP contribution in [0.2, 0.25) is 0 Å². The summed E-state index contributed by atoms with van der Waals surface area (Å²) >= 11 is 1.90. The molecule has 0 saturated heterocycles. The number of amides is 2. The Labute approximate surface area is 124 Å². The van der Waals surface area contributed by atoms with Gasteiger partial charge >= 0.3 is 12.0 Å². The van der Waals surface area contributed by atoms with E-state index < -0.39 is 11.5 Å². The average molecular weight is 300 g/mol. The van der Waals surface area contributed by atoms with E-state index in [0.717, 1.165) is 50.2 Å². The fourth-order valence-electron chi connectivity index (χ4n) is 3.14. The van der Waals surface area contributed by atoms with Crippen LogP contribution in [0.25, 0.3) is 0 Å². The highest BCUT2D eigenvalue weighted by molar-refractivity contribution is 7.99. The van der Waals surface area contributed by atoms with Crippen LogP contribution in [0, 0.1) is 0 Å². The van der Waals surface area contributed by atoms with Crippen molar-refractivity contribution >= 4 is 23.8 Å². The molecule has 5 nitrogen and oxygen atoms in total. The van der Waals surface area contributed by atoms with Gasteiger partial charge in [0.15, 0.2) is 0 Å². The van der Waals surface area contributed by atoms with Crippen molar-refractivity contribution in [2.24, 2.45) is 0 Å². The van der Waals surface area contributed by atoms with E-state index in [1.165, 1.54) is 0 Å². The minimum Gasteiger partial charge on any atom is -0.481 e. The van der Waals surface area contributed by atoms with E-state index in [4.69, 9.17) is 5.11 Å². The van der Waals surface area contributed by atoms with Gasteiger partial charge in [0, 0.05) is 11.3 Å². The third kappa shape index (κ3) is 4.04. The highest BCUT2D eigenvalue weighted by atomic mass is 32.2. The normalized spacial score (nSPS) is 28.2. The van der Waals surface area contributed by atoms with Gasteiger partial charge in [-0.2, -0.15) is 11.8 Å². The zero-order chi connectivity index (χ0) is 14.6. The summed E-state index contributed by atoms with van der Waals surface area (Å²) in [5, 5.41) is 15.6. The molecular weight excluding hydrogens is 276 g/mol. The summed E-state index contributed by atoms with van der Waals surface area (Å²) < 4.78 is 0. The molecule has 114 valence electrons. The zero-order valence-electron chi connectivity index (χ0n) is 12.0. The van der Waals surface area contributed by atoms with Gasteiger partial charge in [-0.3, -0.25) is 4.79 Å². The lowest BCUT2D eigenvalue weighted by Crippen LogP contribution is -2.58. The largest absolute Gasteiger partial charge is 0.481 e. The van der Waals surface area contributed by atoms with Crippen molar-refractivity contribution in [3.8, 4) is 0 Å². The van der Waals surface area contributed by atoms with Crippen LogP contribution in [0.4, 0.5) is 4.79 Å². The molecule has 0 aromatic carbocycles. The molecule has 2 fully saturated rings.